The van der Waals surface area contributed by atoms with Crippen molar-refractivity contribution in [1.29, 1.82) is 0 Å². The standard InChI is InChI=1S/C7H9N3O4/c1-8-10(13)14-7-5-3-2-4-6(7)9(11)12/h2-5,8,13H,1H3/q-2. The second kappa shape index (κ2) is 4.74. The summed E-state index contributed by atoms with van der Waals surface area (Å²) in [5.74, 6) is -0.0469. The number of rotatable bonds is 4. The normalized spacial score (nSPS) is 10.4. The summed E-state index contributed by atoms with van der Waals surface area (Å²) in [5, 5.41) is 29.6. The first-order valence-electron chi connectivity index (χ1n) is 3.73. The predicted molar refractivity (Wildman–Crippen MR) is 49.0 cm³/mol. The number of hydrogen-bond donors (Lipinski definition) is 2. The number of benzene rings is 1. The molecule has 2 N–H and O–H groups in total. The van der Waals surface area contributed by atoms with Crippen LogP contribution in [-0.2, 0) is 0 Å². The molecular formula is C7H9N3O4-2. The largest absolute Gasteiger partial charge is 0.769 e. The van der Waals surface area contributed by atoms with Crippen molar-refractivity contribution in [2.45, 2.75) is 0 Å². The van der Waals surface area contributed by atoms with Gasteiger partial charge >= 0.3 is 0 Å². The highest BCUT2D eigenvalue weighted by Crippen LogP contribution is 2.26. The predicted octanol–water partition coefficient (Wildman–Crippen LogP) is 0.608. The molecule has 1 aromatic rings. The maximum Gasteiger partial charge on any atom is 0.173 e. The summed E-state index contributed by atoms with van der Waals surface area (Å²) in [4.78, 5) is 4.69. The van der Waals surface area contributed by atoms with Crippen LogP contribution in [0.1, 0.15) is 0 Å². The summed E-state index contributed by atoms with van der Waals surface area (Å²) < 4.78 is 0. The van der Waals surface area contributed by atoms with Gasteiger partial charge in [-0.2, -0.15) is 5.43 Å². The quantitative estimate of drug-likeness (QED) is 0.686. The fourth-order valence-electron chi connectivity index (χ4n) is 0.824. The Labute approximate surface area is 80.1 Å². The van der Waals surface area contributed by atoms with E-state index in [0.29, 0.717) is 0 Å². The van der Waals surface area contributed by atoms with Crippen LogP contribution in [0.2, 0.25) is 0 Å². The van der Waals surface area contributed by atoms with Crippen LogP contribution in [0.15, 0.2) is 24.3 Å². The first-order chi connectivity index (χ1) is 6.65. The minimum absolute atomic E-state index is 0.0469. The molecule has 0 saturated heterocycles. The number of anilines is 1. The van der Waals surface area contributed by atoms with Crippen molar-refractivity contribution < 1.29 is 10.0 Å². The highest BCUT2D eigenvalue weighted by Gasteiger charge is 2.04. The minimum Gasteiger partial charge on any atom is -0.769 e. The van der Waals surface area contributed by atoms with Gasteiger partial charge in [-0.15, -0.1) is 0 Å². The van der Waals surface area contributed by atoms with Crippen LogP contribution in [0, 0.1) is 10.4 Å². The molecule has 0 heterocycles. The van der Waals surface area contributed by atoms with E-state index in [0.717, 1.165) is 0 Å². The van der Waals surface area contributed by atoms with E-state index in [1.807, 2.05) is 0 Å². The van der Waals surface area contributed by atoms with E-state index in [9.17, 15) is 10.4 Å². The van der Waals surface area contributed by atoms with Crippen LogP contribution in [0.3, 0.4) is 0 Å². The Morgan fingerprint density at radius 2 is 2.00 bits per heavy atom. The smallest absolute Gasteiger partial charge is 0.173 e. The fourth-order valence-corrected chi connectivity index (χ4v) is 0.824. The Balaban J connectivity index is 2.84. The molecule has 0 amide bonds. The van der Waals surface area contributed by atoms with Gasteiger partial charge in [0.25, 0.3) is 0 Å². The van der Waals surface area contributed by atoms with E-state index in [1.165, 1.54) is 25.2 Å². The number of hydrogen-bond acceptors (Lipinski definition) is 7. The Kier molecular flexibility index (Phi) is 3.63. The van der Waals surface area contributed by atoms with Gasteiger partial charge in [-0.1, -0.05) is 12.1 Å². The SMILES string of the molecule is CNN(O)Oc1ccccc1N([O-])[O-]. The van der Waals surface area contributed by atoms with Crippen molar-refractivity contribution in [2.24, 2.45) is 0 Å². The van der Waals surface area contributed by atoms with Crippen molar-refractivity contribution in [2.75, 3.05) is 12.3 Å². The molecule has 0 aliphatic rings. The van der Waals surface area contributed by atoms with Crippen LogP contribution >= 0.6 is 0 Å². The van der Waals surface area contributed by atoms with Crippen LogP contribution in [0.5, 0.6) is 5.75 Å². The molecule has 0 radical (unpaired) electrons. The fraction of sp³-hybridized carbons (Fsp3) is 0.143. The number of para-hydroxylation sites is 2. The third-order valence-corrected chi connectivity index (χ3v) is 1.44. The number of nitrogens with one attached hydrogen (secondary N) is 1. The molecule has 1 rings (SSSR count). The molecule has 78 valence electrons. The molecule has 7 heteroatoms. The van der Waals surface area contributed by atoms with E-state index in [2.05, 4.69) is 5.43 Å². The lowest BCUT2D eigenvalue weighted by atomic mass is 10.3. The van der Waals surface area contributed by atoms with Crippen molar-refractivity contribution in [3.8, 4) is 5.75 Å². The van der Waals surface area contributed by atoms with E-state index in [1.54, 1.807) is 6.07 Å². The highest BCUT2D eigenvalue weighted by atomic mass is 16.9. The zero-order valence-corrected chi connectivity index (χ0v) is 7.38. The van der Waals surface area contributed by atoms with Gasteiger partial charge in [0, 0.05) is 7.05 Å². The summed E-state index contributed by atoms with van der Waals surface area (Å²) in [6.07, 6.45) is 0. The lowest BCUT2D eigenvalue weighted by Crippen LogP contribution is -2.34. The van der Waals surface area contributed by atoms with E-state index < -0.39 is 5.23 Å². The van der Waals surface area contributed by atoms with Crippen LogP contribution < -0.4 is 15.5 Å². The summed E-state index contributed by atoms with van der Waals surface area (Å²) >= 11 is 0. The second-order valence-electron chi connectivity index (χ2n) is 2.31. The van der Waals surface area contributed by atoms with Gasteiger partial charge < -0.3 is 20.5 Å². The first-order valence-corrected chi connectivity index (χ1v) is 3.73. The molecule has 0 aromatic heterocycles. The zero-order valence-electron chi connectivity index (χ0n) is 7.38. The van der Waals surface area contributed by atoms with E-state index in [-0.39, 0.29) is 16.8 Å². The molecule has 0 spiro atoms. The van der Waals surface area contributed by atoms with Gasteiger partial charge in [0.15, 0.2) is 5.75 Å². The Bertz CT molecular complexity index is 294. The van der Waals surface area contributed by atoms with Crippen molar-refractivity contribution in [3.05, 3.63) is 34.7 Å². The minimum atomic E-state index is -0.598. The van der Waals surface area contributed by atoms with Gasteiger partial charge in [-0.3, -0.25) is 5.21 Å². The first kappa shape index (κ1) is 10.7. The molecule has 14 heavy (non-hydrogen) atoms. The van der Waals surface area contributed by atoms with Gasteiger partial charge in [0.2, 0.25) is 0 Å². The summed E-state index contributed by atoms with van der Waals surface area (Å²) in [5.41, 5.74) is 2.00. The Morgan fingerprint density at radius 1 is 1.36 bits per heavy atom. The Morgan fingerprint density at radius 3 is 2.57 bits per heavy atom. The Hall–Kier alpha value is -1.38. The van der Waals surface area contributed by atoms with Crippen LogP contribution in [-0.4, -0.2) is 17.6 Å². The van der Waals surface area contributed by atoms with Gasteiger partial charge in [0.1, 0.15) is 0 Å². The van der Waals surface area contributed by atoms with Crippen LogP contribution in [0.25, 0.3) is 0 Å². The molecule has 0 aliphatic heterocycles. The third kappa shape index (κ3) is 2.55. The molecule has 7 nitrogen and oxygen atoms in total. The van der Waals surface area contributed by atoms with Gasteiger partial charge in [-0.25, -0.2) is 0 Å². The van der Waals surface area contributed by atoms with Crippen molar-refractivity contribution in [3.63, 3.8) is 0 Å². The molecule has 0 aliphatic carbocycles. The van der Waals surface area contributed by atoms with Crippen molar-refractivity contribution >= 4 is 5.69 Å². The monoisotopic (exact) mass is 199 g/mol. The molecule has 1 aromatic carbocycles. The maximum atomic E-state index is 10.5. The molecule has 0 bridgehead atoms. The zero-order chi connectivity index (χ0) is 10.6. The molecule has 0 saturated carbocycles. The molecule has 0 atom stereocenters. The van der Waals surface area contributed by atoms with Crippen LogP contribution in [0.4, 0.5) is 5.69 Å². The summed E-state index contributed by atoms with van der Waals surface area (Å²) in [6, 6.07) is 5.72. The number of nitrogens with zero attached hydrogens (tertiary/aromatic N) is 2. The van der Waals surface area contributed by atoms with E-state index >= 15 is 0 Å². The third-order valence-electron chi connectivity index (χ3n) is 1.44. The molecule has 0 fully saturated rings. The highest BCUT2D eigenvalue weighted by molar-refractivity contribution is 5.59. The van der Waals surface area contributed by atoms with Gasteiger partial charge in [-0.05, 0) is 12.1 Å². The second-order valence-corrected chi connectivity index (χ2v) is 2.31. The average molecular weight is 199 g/mol. The average Bonchev–Trinajstić information content (AvgIpc) is 2.18. The topological polar surface area (TPSA) is 94.1 Å². The maximum absolute atomic E-state index is 10.5. The number of hydrazine groups is 1. The lowest BCUT2D eigenvalue weighted by molar-refractivity contribution is -0.313. The van der Waals surface area contributed by atoms with E-state index in [4.69, 9.17) is 10.0 Å². The van der Waals surface area contributed by atoms with Crippen molar-refractivity contribution in [1.82, 2.24) is 10.8 Å². The lowest BCUT2D eigenvalue weighted by Gasteiger charge is -2.38. The summed E-state index contributed by atoms with van der Waals surface area (Å²) in [6.45, 7) is 0. The molecule has 0 unspecified atom stereocenters. The van der Waals surface area contributed by atoms with Gasteiger partial charge in [0.05, 0.1) is 11.0 Å². The summed E-state index contributed by atoms with van der Waals surface area (Å²) in [7, 11) is 1.40. The molecular weight excluding hydrogens is 190 g/mol.